The summed E-state index contributed by atoms with van der Waals surface area (Å²) in [5.74, 6) is 1.26. The molecular formula is C31H35ClN4O2S. The van der Waals surface area contributed by atoms with Gasteiger partial charge >= 0.3 is 0 Å². The van der Waals surface area contributed by atoms with Crippen LogP contribution in [0.1, 0.15) is 53.5 Å². The first-order chi connectivity index (χ1) is 18.9. The van der Waals surface area contributed by atoms with E-state index in [0.717, 1.165) is 63.9 Å². The van der Waals surface area contributed by atoms with E-state index in [-0.39, 0.29) is 11.9 Å². The van der Waals surface area contributed by atoms with E-state index in [9.17, 15) is 4.79 Å². The molecule has 2 heterocycles. The van der Waals surface area contributed by atoms with Crippen LogP contribution in [-0.2, 0) is 6.54 Å². The zero-order valence-electron chi connectivity index (χ0n) is 22.7. The predicted octanol–water partition coefficient (Wildman–Crippen LogP) is 7.08. The number of nitrogens with two attached hydrogens (primary N) is 1. The van der Waals surface area contributed by atoms with Crippen LogP contribution in [0.3, 0.4) is 0 Å². The van der Waals surface area contributed by atoms with Crippen LogP contribution in [0, 0.1) is 6.92 Å². The number of rotatable bonds is 8. The van der Waals surface area contributed by atoms with Crippen molar-refractivity contribution in [2.24, 2.45) is 0 Å². The summed E-state index contributed by atoms with van der Waals surface area (Å²) < 4.78 is 7.07. The zero-order chi connectivity index (χ0) is 27.5. The summed E-state index contributed by atoms with van der Waals surface area (Å²) in [6.07, 6.45) is 3.92. The molecule has 0 bridgehead atoms. The van der Waals surface area contributed by atoms with Crippen LogP contribution in [0.4, 0.5) is 5.82 Å². The predicted molar refractivity (Wildman–Crippen MR) is 162 cm³/mol. The highest BCUT2D eigenvalue weighted by Crippen LogP contribution is 2.38. The number of thiophene rings is 1. The second-order valence-electron chi connectivity index (χ2n) is 10.1. The van der Waals surface area contributed by atoms with Gasteiger partial charge in [0.15, 0.2) is 0 Å². The smallest absolute Gasteiger partial charge is 0.266 e. The molecule has 0 spiro atoms. The van der Waals surface area contributed by atoms with Crippen molar-refractivity contribution in [3.63, 3.8) is 0 Å². The average molecular weight is 563 g/mol. The molecule has 2 aromatic heterocycles. The molecule has 3 N–H and O–H groups in total. The Morgan fingerprint density at radius 2 is 1.92 bits per heavy atom. The third-order valence-electron chi connectivity index (χ3n) is 7.66. The molecule has 1 aliphatic carbocycles. The summed E-state index contributed by atoms with van der Waals surface area (Å²) >= 11 is 8.28. The highest BCUT2D eigenvalue weighted by molar-refractivity contribution is 7.21. The number of pyridine rings is 1. The van der Waals surface area contributed by atoms with E-state index in [1.807, 2.05) is 74.3 Å². The minimum Gasteiger partial charge on any atom is -0.494 e. The minimum absolute atomic E-state index is 0.0210. The number of nitrogens with zero attached hydrogens (tertiary/aromatic N) is 2. The van der Waals surface area contributed by atoms with Crippen molar-refractivity contribution in [2.45, 2.75) is 58.2 Å². The SMILES string of the molecule is CCOc1ccc(-c2ccc(N)nc2C)cc1CN(C(=O)c1sc2ccccc2c1Cl)C1CCC(NC)CC1. The molecule has 1 fully saturated rings. The van der Waals surface area contributed by atoms with Crippen LogP contribution in [0.5, 0.6) is 5.75 Å². The van der Waals surface area contributed by atoms with Gasteiger partial charge in [0.05, 0.1) is 11.6 Å². The Kier molecular flexibility index (Phi) is 8.40. The molecule has 204 valence electrons. The first kappa shape index (κ1) is 27.4. The molecule has 6 nitrogen and oxygen atoms in total. The van der Waals surface area contributed by atoms with Crippen molar-refractivity contribution in [1.82, 2.24) is 15.2 Å². The van der Waals surface area contributed by atoms with Gasteiger partial charge in [-0.25, -0.2) is 4.98 Å². The molecule has 8 heteroatoms. The number of carbonyl (C=O) groups excluding carboxylic acids is 1. The van der Waals surface area contributed by atoms with Gasteiger partial charge in [-0.05, 0) is 82.5 Å². The molecule has 0 radical (unpaired) electrons. The van der Waals surface area contributed by atoms with E-state index >= 15 is 0 Å². The summed E-state index contributed by atoms with van der Waals surface area (Å²) in [6, 6.07) is 18.5. The lowest BCUT2D eigenvalue weighted by Gasteiger charge is -2.37. The average Bonchev–Trinajstić information content (AvgIpc) is 3.29. The summed E-state index contributed by atoms with van der Waals surface area (Å²) in [5.41, 5.74) is 9.76. The third-order valence-corrected chi connectivity index (χ3v) is 9.32. The fraction of sp³-hybridized carbons (Fsp3) is 0.355. The number of fused-ring (bicyclic) bond motifs is 1. The highest BCUT2D eigenvalue weighted by Gasteiger charge is 2.32. The van der Waals surface area contributed by atoms with Gasteiger partial charge in [-0.2, -0.15) is 0 Å². The molecule has 4 aromatic rings. The molecule has 0 unspecified atom stereocenters. The minimum atomic E-state index is -0.0210. The maximum Gasteiger partial charge on any atom is 0.266 e. The van der Waals surface area contributed by atoms with E-state index < -0.39 is 0 Å². The van der Waals surface area contributed by atoms with E-state index in [2.05, 4.69) is 16.4 Å². The lowest BCUT2D eigenvalue weighted by atomic mass is 9.89. The summed E-state index contributed by atoms with van der Waals surface area (Å²) in [5, 5.41) is 4.87. The topological polar surface area (TPSA) is 80.5 Å². The first-order valence-corrected chi connectivity index (χ1v) is 14.7. The number of anilines is 1. The van der Waals surface area contributed by atoms with Crippen molar-refractivity contribution in [3.8, 4) is 16.9 Å². The number of carbonyl (C=O) groups is 1. The number of benzene rings is 2. The fourth-order valence-corrected chi connectivity index (χ4v) is 7.03. The van der Waals surface area contributed by atoms with Crippen LogP contribution < -0.4 is 15.8 Å². The lowest BCUT2D eigenvalue weighted by Crippen LogP contribution is -2.44. The van der Waals surface area contributed by atoms with Crippen molar-refractivity contribution in [2.75, 3.05) is 19.4 Å². The molecule has 0 saturated heterocycles. The van der Waals surface area contributed by atoms with E-state index in [1.54, 1.807) is 0 Å². The number of hydrogen-bond acceptors (Lipinski definition) is 6. The fourth-order valence-electron chi connectivity index (χ4n) is 5.56. The second kappa shape index (κ2) is 11.9. The van der Waals surface area contributed by atoms with Crippen LogP contribution in [0.25, 0.3) is 21.2 Å². The lowest BCUT2D eigenvalue weighted by molar-refractivity contribution is 0.0604. The van der Waals surface area contributed by atoms with Crippen LogP contribution in [0.15, 0.2) is 54.6 Å². The summed E-state index contributed by atoms with van der Waals surface area (Å²) in [7, 11) is 2.01. The standard InChI is InChI=1S/C31H35ClN4O2S/c1-4-38-26-15-9-20(24-14-16-28(33)35-19(24)2)17-21(26)18-36(23-12-10-22(34-3)11-13-23)31(37)30-29(32)25-7-5-6-8-27(25)39-30/h5-9,14-17,22-23,34H,4,10-13,18H2,1-3H3,(H2,33,35). The van der Waals surface area contributed by atoms with E-state index in [1.165, 1.54) is 11.3 Å². The molecule has 2 aromatic carbocycles. The Balaban J connectivity index is 1.55. The van der Waals surface area contributed by atoms with Crippen molar-refractivity contribution in [1.29, 1.82) is 0 Å². The van der Waals surface area contributed by atoms with Gasteiger partial charge < -0.3 is 20.7 Å². The molecule has 1 amide bonds. The van der Waals surface area contributed by atoms with Gasteiger partial charge in [0.1, 0.15) is 16.4 Å². The molecule has 1 aliphatic rings. The van der Waals surface area contributed by atoms with Gasteiger partial charge in [0.25, 0.3) is 5.91 Å². The van der Waals surface area contributed by atoms with Crippen LogP contribution >= 0.6 is 22.9 Å². The summed E-state index contributed by atoms with van der Waals surface area (Å²) in [6.45, 7) is 4.91. The molecule has 39 heavy (non-hydrogen) atoms. The molecule has 5 rings (SSSR count). The van der Waals surface area contributed by atoms with Gasteiger partial charge in [0.2, 0.25) is 0 Å². The normalized spacial score (nSPS) is 17.3. The van der Waals surface area contributed by atoms with Crippen LogP contribution in [0.2, 0.25) is 5.02 Å². The monoisotopic (exact) mass is 562 g/mol. The van der Waals surface area contributed by atoms with Gasteiger partial charge in [-0.15, -0.1) is 11.3 Å². The number of aromatic nitrogens is 1. The first-order valence-electron chi connectivity index (χ1n) is 13.5. The third kappa shape index (κ3) is 5.76. The Bertz CT molecular complexity index is 1480. The number of aryl methyl sites for hydroxylation is 1. The highest BCUT2D eigenvalue weighted by atomic mass is 35.5. The maximum absolute atomic E-state index is 14.3. The summed E-state index contributed by atoms with van der Waals surface area (Å²) in [4.78, 5) is 21.4. The van der Waals surface area contributed by atoms with Gasteiger partial charge in [0, 0.05) is 45.5 Å². The number of nitrogen functional groups attached to an aromatic ring is 1. The van der Waals surface area contributed by atoms with Crippen molar-refractivity contribution >= 4 is 44.7 Å². The Labute approximate surface area is 239 Å². The number of nitrogens with one attached hydrogen (secondary N) is 1. The zero-order valence-corrected chi connectivity index (χ0v) is 24.2. The van der Waals surface area contributed by atoms with Gasteiger partial charge in [-0.3, -0.25) is 4.79 Å². The van der Waals surface area contributed by atoms with E-state index in [0.29, 0.717) is 34.9 Å². The molecular weight excluding hydrogens is 528 g/mol. The van der Waals surface area contributed by atoms with E-state index in [4.69, 9.17) is 22.1 Å². The Hall–Kier alpha value is -3.13. The number of hydrogen-bond donors (Lipinski definition) is 2. The number of ether oxygens (including phenoxy) is 1. The Morgan fingerprint density at radius 1 is 1.15 bits per heavy atom. The quantitative estimate of drug-likeness (QED) is 0.240. The second-order valence-corrected chi connectivity index (χ2v) is 11.5. The maximum atomic E-state index is 14.3. The molecule has 1 saturated carbocycles. The Morgan fingerprint density at radius 3 is 2.62 bits per heavy atom. The molecule has 0 aliphatic heterocycles. The van der Waals surface area contributed by atoms with Crippen molar-refractivity contribution < 1.29 is 9.53 Å². The van der Waals surface area contributed by atoms with Gasteiger partial charge in [-0.1, -0.05) is 35.9 Å². The largest absolute Gasteiger partial charge is 0.494 e. The van der Waals surface area contributed by atoms with Crippen molar-refractivity contribution in [3.05, 3.63) is 75.8 Å². The number of amides is 1. The number of halogens is 1. The molecule has 0 atom stereocenters. The van der Waals surface area contributed by atoms with Crippen LogP contribution in [-0.4, -0.2) is 41.5 Å².